The van der Waals surface area contributed by atoms with Crippen molar-refractivity contribution < 1.29 is 17.5 Å². The third kappa shape index (κ3) is 5.39. The van der Waals surface area contributed by atoms with Gasteiger partial charge in [-0.1, -0.05) is 31.9 Å². The number of nitrogens with one attached hydrogen (secondary N) is 1. The fourth-order valence-corrected chi connectivity index (χ4v) is 6.35. The van der Waals surface area contributed by atoms with Gasteiger partial charge in [-0.3, -0.25) is 4.90 Å². The summed E-state index contributed by atoms with van der Waals surface area (Å²) in [6, 6.07) is 14.3. The molecule has 8 heteroatoms. The van der Waals surface area contributed by atoms with Gasteiger partial charge < -0.3 is 9.72 Å². The Morgan fingerprint density at radius 2 is 1.88 bits per heavy atom. The Labute approximate surface area is 209 Å². The summed E-state index contributed by atoms with van der Waals surface area (Å²) in [4.78, 5) is 6.19. The smallest absolute Gasteiger partial charge is 0.178 e. The number of rotatable bonds is 7. The molecule has 34 heavy (non-hydrogen) atoms. The molecule has 0 saturated carbocycles. The molecule has 1 saturated heterocycles. The number of hydrogen-bond acceptors (Lipinski definition) is 4. The summed E-state index contributed by atoms with van der Waals surface area (Å²) in [5.41, 5.74) is 3.67. The van der Waals surface area contributed by atoms with Crippen molar-refractivity contribution in [3.05, 3.63) is 70.1 Å². The molecule has 0 bridgehead atoms. The number of aromatic amines is 1. The highest BCUT2D eigenvalue weighted by molar-refractivity contribution is 9.10. The van der Waals surface area contributed by atoms with Crippen LogP contribution < -0.4 is 4.74 Å². The van der Waals surface area contributed by atoms with E-state index < -0.39 is 9.84 Å². The lowest BCUT2D eigenvalue weighted by Gasteiger charge is -2.30. The van der Waals surface area contributed by atoms with E-state index in [1.165, 1.54) is 18.6 Å². The van der Waals surface area contributed by atoms with Crippen LogP contribution in [0.25, 0.3) is 11.3 Å². The summed E-state index contributed by atoms with van der Waals surface area (Å²) in [5, 5.41) is 0. The summed E-state index contributed by atoms with van der Waals surface area (Å²) in [6.45, 7) is 3.33. The number of nitrogens with zero attached hydrogens (tertiary/aromatic N) is 1. The van der Waals surface area contributed by atoms with E-state index >= 15 is 0 Å². The summed E-state index contributed by atoms with van der Waals surface area (Å²) >= 11 is 3.47. The average molecular weight is 550 g/mol. The second-order valence-electron chi connectivity index (χ2n) is 8.67. The lowest BCUT2D eigenvalue weighted by molar-refractivity contribution is 0.190. The molecule has 0 radical (unpaired) electrons. The third-order valence-corrected chi connectivity index (χ3v) is 8.79. The van der Waals surface area contributed by atoms with Gasteiger partial charge in [0.05, 0.1) is 22.2 Å². The largest absolute Gasteiger partial charge is 0.495 e. The second-order valence-corrected chi connectivity index (χ2v) is 11.8. The number of hydrogen-bond donors (Lipinski definition) is 1. The molecule has 1 aromatic heterocycles. The molecule has 182 valence electrons. The molecule has 3 aromatic rings. The second kappa shape index (κ2) is 10.6. The van der Waals surface area contributed by atoms with Crippen LogP contribution in [0.4, 0.5) is 4.39 Å². The zero-order valence-electron chi connectivity index (χ0n) is 19.5. The van der Waals surface area contributed by atoms with Crippen molar-refractivity contribution in [3.8, 4) is 17.0 Å². The zero-order chi connectivity index (χ0) is 24.3. The van der Waals surface area contributed by atoms with Gasteiger partial charge in [-0.15, -0.1) is 0 Å². The molecule has 0 spiro atoms. The van der Waals surface area contributed by atoms with Gasteiger partial charge in [-0.05, 0) is 77.3 Å². The van der Waals surface area contributed by atoms with Crippen LogP contribution in [-0.4, -0.2) is 37.7 Å². The Morgan fingerprint density at radius 1 is 1.12 bits per heavy atom. The molecule has 4 rings (SSSR count). The minimum Gasteiger partial charge on any atom is -0.495 e. The van der Waals surface area contributed by atoms with Crippen molar-refractivity contribution in [3.63, 3.8) is 0 Å². The van der Waals surface area contributed by atoms with Crippen molar-refractivity contribution in [1.82, 2.24) is 9.88 Å². The highest BCUT2D eigenvalue weighted by Crippen LogP contribution is 2.39. The molecule has 2 heterocycles. The number of benzene rings is 2. The van der Waals surface area contributed by atoms with Crippen LogP contribution in [0.5, 0.6) is 5.75 Å². The first-order chi connectivity index (χ1) is 16.3. The highest BCUT2D eigenvalue weighted by Gasteiger charge is 2.24. The maximum Gasteiger partial charge on any atom is 0.178 e. The van der Waals surface area contributed by atoms with Gasteiger partial charge in [0.1, 0.15) is 11.6 Å². The maximum atomic E-state index is 13.5. The molecule has 0 unspecified atom stereocenters. The van der Waals surface area contributed by atoms with E-state index in [1.54, 1.807) is 26.2 Å². The molecule has 1 aliphatic heterocycles. The van der Waals surface area contributed by atoms with Crippen molar-refractivity contribution >= 4 is 25.8 Å². The Morgan fingerprint density at radius 3 is 2.59 bits per heavy atom. The van der Waals surface area contributed by atoms with E-state index in [-0.39, 0.29) is 22.5 Å². The maximum absolute atomic E-state index is 13.5. The van der Waals surface area contributed by atoms with Gasteiger partial charge in [0.2, 0.25) is 0 Å². The van der Waals surface area contributed by atoms with Crippen LogP contribution in [0.15, 0.2) is 57.9 Å². The van der Waals surface area contributed by atoms with E-state index in [0.29, 0.717) is 15.8 Å². The summed E-state index contributed by atoms with van der Waals surface area (Å²) in [7, 11) is -1.80. The monoisotopic (exact) mass is 548 g/mol. The lowest BCUT2D eigenvalue weighted by Crippen LogP contribution is -2.28. The Kier molecular flexibility index (Phi) is 7.80. The van der Waals surface area contributed by atoms with Crippen LogP contribution in [0.2, 0.25) is 0 Å². The average Bonchev–Trinajstić information content (AvgIpc) is 3.17. The van der Waals surface area contributed by atoms with Crippen molar-refractivity contribution in [2.45, 2.75) is 50.1 Å². The molecule has 1 aliphatic rings. The summed E-state index contributed by atoms with van der Waals surface area (Å²) < 4.78 is 44.7. The molecule has 2 aromatic carbocycles. The number of likely N-dealkylation sites (tertiary alicyclic amines) is 1. The number of sulfone groups is 1. The van der Waals surface area contributed by atoms with Gasteiger partial charge in [0, 0.05) is 29.5 Å². The molecular formula is C26H30BrFN2O3S. The minimum absolute atomic E-state index is 0.0287. The highest BCUT2D eigenvalue weighted by atomic mass is 79.9. The molecule has 5 nitrogen and oxygen atoms in total. The van der Waals surface area contributed by atoms with Crippen molar-refractivity contribution in [2.75, 3.05) is 19.4 Å². The predicted octanol–water partition coefficient (Wildman–Crippen LogP) is 6.50. The topological polar surface area (TPSA) is 62.4 Å². The number of methoxy groups -OCH3 is 1. The Bertz CT molecular complexity index is 1240. The molecule has 0 amide bonds. The first kappa shape index (κ1) is 24.9. The van der Waals surface area contributed by atoms with Gasteiger partial charge in [-0.25, -0.2) is 12.8 Å². The lowest BCUT2D eigenvalue weighted by atomic mass is 10.0. The Hall–Kier alpha value is -2.16. The Balaban J connectivity index is 1.65. The SMILES string of the molecule is CCS(=O)(=O)c1cc(Br)c(OC)c(-c2ccc(CN3CCCCC[C@@H]3c3ccc(F)cc3)[nH]2)c1. The molecule has 1 N–H and O–H groups in total. The molecule has 1 fully saturated rings. The first-order valence-electron chi connectivity index (χ1n) is 11.6. The summed E-state index contributed by atoms with van der Waals surface area (Å²) in [5.74, 6) is 0.397. The predicted molar refractivity (Wildman–Crippen MR) is 136 cm³/mol. The standard InChI is InChI=1S/C26H30BrFN2O3S/c1-3-34(31,32)21-15-22(26(33-2)23(27)16-21)24-13-12-20(29-24)17-30-14-6-4-5-7-25(30)18-8-10-19(28)11-9-18/h8-13,15-16,25,29H,3-7,14,17H2,1-2H3/t25-/m1/s1. The van der Waals surface area contributed by atoms with E-state index in [2.05, 4.69) is 25.8 Å². The van der Waals surface area contributed by atoms with E-state index in [1.807, 2.05) is 24.3 Å². The van der Waals surface area contributed by atoms with E-state index in [0.717, 1.165) is 49.3 Å². The van der Waals surface area contributed by atoms with Crippen LogP contribution in [0.1, 0.15) is 49.9 Å². The van der Waals surface area contributed by atoms with Gasteiger partial charge in [-0.2, -0.15) is 0 Å². The number of H-pyrrole nitrogens is 1. The van der Waals surface area contributed by atoms with Crippen molar-refractivity contribution in [2.24, 2.45) is 0 Å². The normalized spacial score (nSPS) is 17.5. The minimum atomic E-state index is -3.37. The van der Waals surface area contributed by atoms with Crippen LogP contribution in [0, 0.1) is 5.82 Å². The third-order valence-electron chi connectivity index (χ3n) is 6.49. The van der Waals surface area contributed by atoms with E-state index in [4.69, 9.17) is 4.74 Å². The zero-order valence-corrected chi connectivity index (χ0v) is 21.9. The number of aromatic nitrogens is 1. The number of ether oxygens (including phenoxy) is 1. The van der Waals surface area contributed by atoms with Gasteiger partial charge >= 0.3 is 0 Å². The molecule has 1 atom stereocenters. The quantitative estimate of drug-likeness (QED) is 0.366. The molecular weight excluding hydrogens is 519 g/mol. The van der Waals surface area contributed by atoms with Crippen LogP contribution >= 0.6 is 15.9 Å². The summed E-state index contributed by atoms with van der Waals surface area (Å²) in [6.07, 6.45) is 4.51. The fourth-order valence-electron chi connectivity index (χ4n) is 4.65. The van der Waals surface area contributed by atoms with E-state index in [9.17, 15) is 12.8 Å². The first-order valence-corrected chi connectivity index (χ1v) is 14.0. The fraction of sp³-hybridized carbons (Fsp3) is 0.385. The molecule has 0 aliphatic carbocycles. The number of halogens is 2. The van der Waals surface area contributed by atoms with Gasteiger partial charge in [0.25, 0.3) is 0 Å². The van der Waals surface area contributed by atoms with Gasteiger partial charge in [0.15, 0.2) is 9.84 Å². The van der Waals surface area contributed by atoms with Crippen molar-refractivity contribution in [1.29, 1.82) is 0 Å². The van der Waals surface area contributed by atoms with Crippen LogP contribution in [-0.2, 0) is 16.4 Å². The van der Waals surface area contributed by atoms with Crippen LogP contribution in [0.3, 0.4) is 0 Å².